The fraction of sp³-hybridized carbons (Fsp3) is 0.143. The Morgan fingerprint density at radius 2 is 1.88 bits per heavy atom. The molecule has 0 radical (unpaired) electrons. The minimum Gasteiger partial charge on any atom is -0.496 e. The van der Waals surface area contributed by atoms with Crippen LogP contribution in [0.4, 0.5) is 10.1 Å². The van der Waals surface area contributed by atoms with Crippen molar-refractivity contribution in [1.82, 2.24) is 0 Å². The maximum Gasteiger partial charge on any atom is 0.123 e. The van der Waals surface area contributed by atoms with Crippen molar-refractivity contribution in [3.05, 3.63) is 47.8 Å². The smallest absolute Gasteiger partial charge is 0.123 e. The van der Waals surface area contributed by atoms with E-state index in [2.05, 4.69) is 0 Å². The highest BCUT2D eigenvalue weighted by molar-refractivity contribution is 5.77. The zero-order valence-corrected chi connectivity index (χ0v) is 9.83. The van der Waals surface area contributed by atoms with Crippen LogP contribution < -0.4 is 10.5 Å². The molecule has 0 aromatic heterocycles. The van der Waals surface area contributed by atoms with Gasteiger partial charge in [0.05, 0.1) is 7.11 Å². The highest BCUT2D eigenvalue weighted by atomic mass is 19.1. The largest absolute Gasteiger partial charge is 0.496 e. The van der Waals surface area contributed by atoms with E-state index in [-0.39, 0.29) is 5.82 Å². The molecule has 2 aromatic carbocycles. The van der Waals surface area contributed by atoms with Crippen molar-refractivity contribution in [3.63, 3.8) is 0 Å². The molecule has 2 aromatic rings. The zero-order chi connectivity index (χ0) is 12.4. The number of aryl methyl sites for hydroxylation is 1. The summed E-state index contributed by atoms with van der Waals surface area (Å²) in [4.78, 5) is 0. The normalized spacial score (nSPS) is 10.3. The van der Waals surface area contributed by atoms with E-state index in [9.17, 15) is 4.39 Å². The molecule has 2 N–H and O–H groups in total. The van der Waals surface area contributed by atoms with Crippen LogP contribution in [0.3, 0.4) is 0 Å². The Morgan fingerprint density at radius 1 is 1.12 bits per heavy atom. The highest BCUT2D eigenvalue weighted by Crippen LogP contribution is 2.30. The van der Waals surface area contributed by atoms with Gasteiger partial charge in [-0.05, 0) is 48.4 Å². The van der Waals surface area contributed by atoms with Crippen LogP contribution in [0.2, 0.25) is 0 Å². The van der Waals surface area contributed by atoms with Crippen LogP contribution in [0, 0.1) is 12.7 Å². The first-order chi connectivity index (χ1) is 8.11. The van der Waals surface area contributed by atoms with Crippen LogP contribution in [0.15, 0.2) is 36.4 Å². The van der Waals surface area contributed by atoms with Crippen LogP contribution in [-0.4, -0.2) is 7.11 Å². The Hall–Kier alpha value is -2.03. The number of halogens is 1. The number of nitrogen functional groups attached to an aromatic ring is 1. The first-order valence-corrected chi connectivity index (χ1v) is 5.32. The van der Waals surface area contributed by atoms with Crippen LogP contribution in [0.1, 0.15) is 5.56 Å². The molecule has 0 saturated heterocycles. The van der Waals surface area contributed by atoms with E-state index >= 15 is 0 Å². The van der Waals surface area contributed by atoms with E-state index < -0.39 is 0 Å². The summed E-state index contributed by atoms with van der Waals surface area (Å²) < 4.78 is 18.4. The number of rotatable bonds is 2. The van der Waals surface area contributed by atoms with Gasteiger partial charge in [-0.1, -0.05) is 6.07 Å². The first kappa shape index (κ1) is 11.5. The summed E-state index contributed by atoms with van der Waals surface area (Å²) in [6, 6.07) is 10.0. The van der Waals surface area contributed by atoms with Crippen molar-refractivity contribution >= 4 is 5.69 Å². The van der Waals surface area contributed by atoms with Gasteiger partial charge in [0, 0.05) is 11.3 Å². The molecule has 0 spiro atoms. The van der Waals surface area contributed by atoms with Gasteiger partial charge in [0.25, 0.3) is 0 Å². The predicted octanol–water partition coefficient (Wildman–Crippen LogP) is 3.39. The lowest BCUT2D eigenvalue weighted by atomic mass is 10.0. The Labute approximate surface area is 99.8 Å². The molecule has 0 amide bonds. The van der Waals surface area contributed by atoms with Gasteiger partial charge >= 0.3 is 0 Å². The summed E-state index contributed by atoms with van der Waals surface area (Å²) in [7, 11) is 1.62. The minimum atomic E-state index is -0.289. The summed E-state index contributed by atoms with van der Waals surface area (Å²) in [5.74, 6) is 0.520. The number of methoxy groups -OCH3 is 1. The molecular weight excluding hydrogens is 217 g/mol. The van der Waals surface area contributed by atoms with Gasteiger partial charge < -0.3 is 10.5 Å². The highest BCUT2D eigenvalue weighted by Gasteiger charge is 2.06. The molecule has 88 valence electrons. The quantitative estimate of drug-likeness (QED) is 0.804. The molecule has 0 aliphatic heterocycles. The van der Waals surface area contributed by atoms with Crippen LogP contribution in [0.25, 0.3) is 11.1 Å². The second-order valence-corrected chi connectivity index (χ2v) is 3.92. The summed E-state index contributed by atoms with van der Waals surface area (Å²) in [5.41, 5.74) is 9.00. The molecule has 0 saturated carbocycles. The molecule has 0 atom stereocenters. The maximum atomic E-state index is 13.2. The number of anilines is 1. The third-order valence-electron chi connectivity index (χ3n) is 2.72. The lowest BCUT2D eigenvalue weighted by Crippen LogP contribution is -1.92. The average Bonchev–Trinajstić information content (AvgIpc) is 2.32. The van der Waals surface area contributed by atoms with Gasteiger partial charge in [-0.25, -0.2) is 4.39 Å². The Kier molecular flexibility index (Phi) is 3.00. The Balaban J connectivity index is 2.53. The van der Waals surface area contributed by atoms with Crippen LogP contribution in [0.5, 0.6) is 5.75 Å². The van der Waals surface area contributed by atoms with E-state index in [0.717, 1.165) is 16.9 Å². The number of hydrogen-bond donors (Lipinski definition) is 1. The number of hydrogen-bond acceptors (Lipinski definition) is 2. The van der Waals surface area contributed by atoms with Gasteiger partial charge in [0.1, 0.15) is 11.6 Å². The molecule has 3 heteroatoms. The predicted molar refractivity (Wildman–Crippen MR) is 67.5 cm³/mol. The molecule has 0 aliphatic carbocycles. The zero-order valence-electron chi connectivity index (χ0n) is 9.83. The summed E-state index contributed by atoms with van der Waals surface area (Å²) in [5, 5.41) is 0. The lowest BCUT2D eigenvalue weighted by Gasteiger charge is -2.09. The fourth-order valence-electron chi connectivity index (χ4n) is 1.82. The Morgan fingerprint density at radius 3 is 2.53 bits per heavy atom. The molecule has 0 heterocycles. The van der Waals surface area contributed by atoms with Gasteiger partial charge in [-0.15, -0.1) is 0 Å². The number of ether oxygens (including phenoxy) is 1. The molecule has 0 aliphatic rings. The topological polar surface area (TPSA) is 35.2 Å². The van der Waals surface area contributed by atoms with Crippen molar-refractivity contribution in [3.8, 4) is 16.9 Å². The maximum absolute atomic E-state index is 13.2. The van der Waals surface area contributed by atoms with E-state index in [1.165, 1.54) is 12.1 Å². The lowest BCUT2D eigenvalue weighted by molar-refractivity contribution is 0.412. The third-order valence-corrected chi connectivity index (χ3v) is 2.72. The van der Waals surface area contributed by atoms with Crippen molar-refractivity contribution in [1.29, 1.82) is 0 Å². The molecule has 0 fully saturated rings. The molecular formula is C14H14FNO. The SMILES string of the molecule is COc1ccc(-c2cc(F)ccc2N)cc1C. The number of benzene rings is 2. The van der Waals surface area contributed by atoms with Gasteiger partial charge in [0.15, 0.2) is 0 Å². The molecule has 0 unspecified atom stereocenters. The summed E-state index contributed by atoms with van der Waals surface area (Å²) in [6.07, 6.45) is 0. The van der Waals surface area contributed by atoms with Gasteiger partial charge in [-0.2, -0.15) is 0 Å². The van der Waals surface area contributed by atoms with Crippen LogP contribution >= 0.6 is 0 Å². The van der Waals surface area contributed by atoms with Crippen molar-refractivity contribution in [2.75, 3.05) is 12.8 Å². The third kappa shape index (κ3) is 2.23. The van der Waals surface area contributed by atoms with E-state index in [1.807, 2.05) is 25.1 Å². The van der Waals surface area contributed by atoms with Gasteiger partial charge in [0.2, 0.25) is 0 Å². The van der Waals surface area contributed by atoms with E-state index in [0.29, 0.717) is 11.3 Å². The second-order valence-electron chi connectivity index (χ2n) is 3.92. The summed E-state index contributed by atoms with van der Waals surface area (Å²) in [6.45, 7) is 1.94. The molecule has 2 nitrogen and oxygen atoms in total. The monoisotopic (exact) mass is 231 g/mol. The molecule has 0 bridgehead atoms. The Bertz CT molecular complexity index is 552. The summed E-state index contributed by atoms with van der Waals surface area (Å²) >= 11 is 0. The van der Waals surface area contributed by atoms with E-state index in [4.69, 9.17) is 10.5 Å². The van der Waals surface area contributed by atoms with E-state index in [1.54, 1.807) is 13.2 Å². The minimum absolute atomic E-state index is 0.289. The average molecular weight is 231 g/mol. The second kappa shape index (κ2) is 4.45. The van der Waals surface area contributed by atoms with Crippen LogP contribution in [-0.2, 0) is 0 Å². The standard InChI is InChI=1S/C14H14FNO/c1-9-7-10(3-6-14(9)17-2)12-8-11(15)4-5-13(12)16/h3-8H,16H2,1-2H3. The first-order valence-electron chi connectivity index (χ1n) is 5.32. The van der Waals surface area contributed by atoms with Crippen molar-refractivity contribution < 1.29 is 9.13 Å². The van der Waals surface area contributed by atoms with Crippen molar-refractivity contribution in [2.45, 2.75) is 6.92 Å². The van der Waals surface area contributed by atoms with Crippen molar-refractivity contribution in [2.24, 2.45) is 0 Å². The molecule has 2 rings (SSSR count). The van der Waals surface area contributed by atoms with Gasteiger partial charge in [-0.3, -0.25) is 0 Å². The molecule has 17 heavy (non-hydrogen) atoms. The fourth-order valence-corrected chi connectivity index (χ4v) is 1.82. The number of nitrogens with two attached hydrogens (primary N) is 1.